The molecule has 0 aromatic heterocycles. The Morgan fingerprint density at radius 3 is 3.00 bits per heavy atom. The Bertz CT molecular complexity index is 492. The van der Waals surface area contributed by atoms with E-state index in [9.17, 15) is 0 Å². The summed E-state index contributed by atoms with van der Waals surface area (Å²) in [5, 5.41) is 3.71. The molecule has 0 spiro atoms. The Labute approximate surface area is 133 Å². The van der Waals surface area contributed by atoms with Gasteiger partial charge in [0.05, 0.1) is 0 Å². The summed E-state index contributed by atoms with van der Waals surface area (Å²) < 4.78 is 10.8. The summed E-state index contributed by atoms with van der Waals surface area (Å²) in [6, 6.07) is 6.84. The minimum atomic E-state index is 0.354. The molecule has 3 rings (SSSR count). The molecule has 0 amide bonds. The van der Waals surface area contributed by atoms with Crippen LogP contribution in [0, 0.1) is 5.92 Å². The third kappa shape index (κ3) is 3.93. The fourth-order valence-corrected chi connectivity index (χ4v) is 3.32. The van der Waals surface area contributed by atoms with Crippen LogP contribution in [0.25, 0.3) is 0 Å². The summed E-state index contributed by atoms with van der Waals surface area (Å²) in [6.07, 6.45) is 3.58. The topological polar surface area (TPSA) is 33.7 Å². The molecular weight excluding hydrogens is 276 g/mol. The molecule has 2 heterocycles. The molecule has 1 aromatic carbocycles. The highest BCUT2D eigenvalue weighted by atomic mass is 16.7. The smallest absolute Gasteiger partial charge is 0.231 e. The first-order valence-electron chi connectivity index (χ1n) is 8.59. The van der Waals surface area contributed by atoms with Crippen LogP contribution < -0.4 is 14.8 Å². The number of fused-ring (bicyclic) bond motifs is 1. The number of rotatable bonds is 7. The summed E-state index contributed by atoms with van der Waals surface area (Å²) in [6.45, 7) is 9.78. The Balaban J connectivity index is 1.38. The van der Waals surface area contributed by atoms with E-state index < -0.39 is 0 Å². The lowest BCUT2D eigenvalue weighted by molar-refractivity contribution is 0.174. The standard InChI is InChI=1S/C18H28N2O2/c1-3-20-9-8-16(12-20)11-19-14(2)4-5-15-6-7-17-18(10-15)22-13-21-17/h6-7,10,14,16,19H,3-5,8-9,11-13H2,1-2H3. The van der Waals surface area contributed by atoms with Gasteiger partial charge in [-0.15, -0.1) is 0 Å². The average molecular weight is 304 g/mol. The lowest BCUT2D eigenvalue weighted by Crippen LogP contribution is -2.32. The molecular formula is C18H28N2O2. The fraction of sp³-hybridized carbons (Fsp3) is 0.667. The lowest BCUT2D eigenvalue weighted by atomic mass is 10.0. The highest BCUT2D eigenvalue weighted by molar-refractivity contribution is 5.44. The van der Waals surface area contributed by atoms with Crippen molar-refractivity contribution < 1.29 is 9.47 Å². The molecule has 1 fully saturated rings. The van der Waals surface area contributed by atoms with E-state index in [0.29, 0.717) is 12.8 Å². The van der Waals surface area contributed by atoms with Crippen LogP contribution in [0.3, 0.4) is 0 Å². The van der Waals surface area contributed by atoms with Crippen molar-refractivity contribution in [1.29, 1.82) is 0 Å². The molecule has 1 aromatic rings. The van der Waals surface area contributed by atoms with E-state index >= 15 is 0 Å². The second kappa shape index (κ2) is 7.34. The molecule has 2 atom stereocenters. The van der Waals surface area contributed by atoms with Crippen LogP contribution in [0.2, 0.25) is 0 Å². The number of nitrogens with one attached hydrogen (secondary N) is 1. The Morgan fingerprint density at radius 2 is 2.18 bits per heavy atom. The third-order valence-corrected chi connectivity index (χ3v) is 4.88. The number of hydrogen-bond donors (Lipinski definition) is 1. The van der Waals surface area contributed by atoms with Gasteiger partial charge in [-0.2, -0.15) is 0 Å². The summed E-state index contributed by atoms with van der Waals surface area (Å²) in [5.74, 6) is 2.59. The van der Waals surface area contributed by atoms with Crippen molar-refractivity contribution in [3.8, 4) is 11.5 Å². The maximum atomic E-state index is 5.44. The molecule has 1 saturated heterocycles. The normalized spacial score (nSPS) is 22.2. The lowest BCUT2D eigenvalue weighted by Gasteiger charge is -2.18. The Hall–Kier alpha value is -1.26. The van der Waals surface area contributed by atoms with Gasteiger partial charge in [0, 0.05) is 12.6 Å². The van der Waals surface area contributed by atoms with E-state index in [4.69, 9.17) is 9.47 Å². The van der Waals surface area contributed by atoms with Crippen molar-refractivity contribution in [2.45, 2.75) is 39.2 Å². The second-order valence-electron chi connectivity index (χ2n) is 6.58. The molecule has 0 bridgehead atoms. The van der Waals surface area contributed by atoms with Crippen LogP contribution in [0.1, 0.15) is 32.3 Å². The van der Waals surface area contributed by atoms with Crippen molar-refractivity contribution in [2.75, 3.05) is 33.0 Å². The average Bonchev–Trinajstić information content (AvgIpc) is 3.19. The van der Waals surface area contributed by atoms with E-state index in [1.807, 2.05) is 6.07 Å². The Kier molecular flexibility index (Phi) is 5.21. The molecule has 2 unspecified atom stereocenters. The highest BCUT2D eigenvalue weighted by Gasteiger charge is 2.21. The molecule has 122 valence electrons. The van der Waals surface area contributed by atoms with Gasteiger partial charge in [0.25, 0.3) is 0 Å². The number of benzene rings is 1. The molecule has 2 aliphatic heterocycles. The highest BCUT2D eigenvalue weighted by Crippen LogP contribution is 2.32. The minimum Gasteiger partial charge on any atom is -0.454 e. The van der Waals surface area contributed by atoms with E-state index in [2.05, 4.69) is 36.2 Å². The van der Waals surface area contributed by atoms with E-state index in [1.165, 1.54) is 31.6 Å². The summed E-state index contributed by atoms with van der Waals surface area (Å²) >= 11 is 0. The van der Waals surface area contributed by atoms with Crippen molar-refractivity contribution in [1.82, 2.24) is 10.2 Å². The first-order chi connectivity index (χ1) is 10.7. The number of likely N-dealkylation sites (tertiary alicyclic amines) is 1. The maximum Gasteiger partial charge on any atom is 0.231 e. The second-order valence-corrected chi connectivity index (χ2v) is 6.58. The van der Waals surface area contributed by atoms with Crippen LogP contribution in [-0.4, -0.2) is 43.9 Å². The summed E-state index contributed by atoms with van der Waals surface area (Å²) in [7, 11) is 0. The molecule has 2 aliphatic rings. The largest absolute Gasteiger partial charge is 0.454 e. The molecule has 0 saturated carbocycles. The van der Waals surface area contributed by atoms with Crippen LogP contribution in [0.4, 0.5) is 0 Å². The van der Waals surface area contributed by atoms with E-state index in [-0.39, 0.29) is 0 Å². The van der Waals surface area contributed by atoms with Crippen molar-refractivity contribution in [3.05, 3.63) is 23.8 Å². The van der Waals surface area contributed by atoms with Gasteiger partial charge in [-0.3, -0.25) is 0 Å². The number of nitrogens with zero attached hydrogens (tertiary/aromatic N) is 1. The molecule has 22 heavy (non-hydrogen) atoms. The quantitative estimate of drug-likeness (QED) is 0.840. The predicted octanol–water partition coefficient (Wildman–Crippen LogP) is 2.67. The Morgan fingerprint density at radius 1 is 1.32 bits per heavy atom. The molecule has 0 aliphatic carbocycles. The third-order valence-electron chi connectivity index (χ3n) is 4.88. The number of aryl methyl sites for hydroxylation is 1. The van der Waals surface area contributed by atoms with E-state index in [0.717, 1.165) is 36.8 Å². The monoisotopic (exact) mass is 304 g/mol. The van der Waals surface area contributed by atoms with Gasteiger partial charge >= 0.3 is 0 Å². The molecule has 4 nitrogen and oxygen atoms in total. The van der Waals surface area contributed by atoms with Gasteiger partial charge < -0.3 is 19.7 Å². The SMILES string of the molecule is CCN1CCC(CNC(C)CCc2ccc3c(c2)OCO3)C1. The predicted molar refractivity (Wildman–Crippen MR) is 88.6 cm³/mol. The molecule has 4 heteroatoms. The zero-order valence-corrected chi connectivity index (χ0v) is 13.8. The van der Waals surface area contributed by atoms with Crippen molar-refractivity contribution in [2.24, 2.45) is 5.92 Å². The van der Waals surface area contributed by atoms with Gasteiger partial charge in [-0.1, -0.05) is 13.0 Å². The number of hydrogen-bond acceptors (Lipinski definition) is 4. The van der Waals surface area contributed by atoms with E-state index in [1.54, 1.807) is 0 Å². The van der Waals surface area contributed by atoms with Crippen LogP contribution in [0.15, 0.2) is 18.2 Å². The van der Waals surface area contributed by atoms with Crippen molar-refractivity contribution >= 4 is 0 Å². The van der Waals surface area contributed by atoms with Crippen LogP contribution in [0.5, 0.6) is 11.5 Å². The maximum absolute atomic E-state index is 5.44. The molecule has 0 radical (unpaired) electrons. The van der Waals surface area contributed by atoms with Crippen LogP contribution in [-0.2, 0) is 6.42 Å². The fourth-order valence-electron chi connectivity index (χ4n) is 3.32. The summed E-state index contributed by atoms with van der Waals surface area (Å²) in [4.78, 5) is 2.55. The zero-order chi connectivity index (χ0) is 15.4. The first kappa shape index (κ1) is 15.6. The zero-order valence-electron chi connectivity index (χ0n) is 13.8. The van der Waals surface area contributed by atoms with Gasteiger partial charge in [0.1, 0.15) is 0 Å². The molecule has 1 N–H and O–H groups in total. The summed E-state index contributed by atoms with van der Waals surface area (Å²) in [5.41, 5.74) is 1.33. The first-order valence-corrected chi connectivity index (χ1v) is 8.59. The van der Waals surface area contributed by atoms with Gasteiger partial charge in [-0.05, 0) is 69.4 Å². The van der Waals surface area contributed by atoms with Crippen LogP contribution >= 0.6 is 0 Å². The van der Waals surface area contributed by atoms with Gasteiger partial charge in [0.15, 0.2) is 11.5 Å². The number of ether oxygens (including phenoxy) is 2. The minimum absolute atomic E-state index is 0.354. The van der Waals surface area contributed by atoms with Gasteiger partial charge in [0.2, 0.25) is 6.79 Å². The van der Waals surface area contributed by atoms with Gasteiger partial charge in [-0.25, -0.2) is 0 Å². The van der Waals surface area contributed by atoms with Crippen molar-refractivity contribution in [3.63, 3.8) is 0 Å².